The Balaban J connectivity index is 1.23. The van der Waals surface area contributed by atoms with Gasteiger partial charge in [-0.1, -0.05) is 158 Å². The number of nitroso groups, excluding NO2 is 1. The minimum Gasteiger partial charge on any atom is -0.374 e. The summed E-state index contributed by atoms with van der Waals surface area (Å²) >= 11 is 1.59. The van der Waals surface area contributed by atoms with Crippen LogP contribution in [0, 0.1) is 4.91 Å². The molecule has 0 saturated carbocycles. The molecular formula is C52H53NO7S. The van der Waals surface area contributed by atoms with Crippen LogP contribution in [0.15, 0.2) is 168 Å². The first kappa shape index (κ1) is 42.7. The van der Waals surface area contributed by atoms with Crippen LogP contribution in [-0.2, 0) is 80.1 Å². The Hall–Kier alpha value is -4.97. The number of thioether (sulfide) groups is 1. The molecule has 0 bridgehead atoms. The minimum absolute atomic E-state index is 0.188. The summed E-state index contributed by atoms with van der Waals surface area (Å²) in [5.74, 6) is -1.46. The monoisotopic (exact) mass is 835 g/mol. The van der Waals surface area contributed by atoms with E-state index in [0.717, 1.165) is 55.8 Å². The van der Waals surface area contributed by atoms with Crippen LogP contribution in [0.1, 0.15) is 63.0 Å². The zero-order valence-electron chi connectivity index (χ0n) is 34.8. The zero-order chi connectivity index (χ0) is 41.9. The number of hydrogen-bond acceptors (Lipinski definition) is 9. The molecule has 1 fully saturated rings. The van der Waals surface area contributed by atoms with Crippen molar-refractivity contribution in [3.8, 4) is 0 Å². The van der Waals surface area contributed by atoms with Crippen LogP contribution < -0.4 is 0 Å². The standard InChI is InChI=1S/C52H53NO7S/c1-3-37-24-26-38(27-25-37)28-46(53-54)44-30-45-43(29-48(44)61-2)35-59-52(45)51(58-34-42-22-14-7-15-23-42)50(57-33-41-20-12-6-13-21-41)49(56-32-40-18-10-5-11-19-40)47(60-52)36-55-31-39-16-8-4-9-17-39/h4-27,29-30,46-47,49-51H,3,28,31-36H2,1-2H3/t46?,47-,49-,50+,51-,52+/m1/s1. The van der Waals surface area contributed by atoms with Crippen molar-refractivity contribution in [2.75, 3.05) is 12.9 Å². The normalized spacial score (nSPS) is 21.3. The van der Waals surface area contributed by atoms with Crippen molar-refractivity contribution in [1.29, 1.82) is 0 Å². The van der Waals surface area contributed by atoms with E-state index in [1.54, 1.807) is 11.8 Å². The molecule has 0 aromatic heterocycles. The van der Waals surface area contributed by atoms with Crippen LogP contribution in [0.25, 0.3) is 0 Å². The fraction of sp³-hybridized carbons (Fsp3) is 0.308. The highest BCUT2D eigenvalue weighted by Gasteiger charge is 2.61. The molecule has 1 unspecified atom stereocenters. The van der Waals surface area contributed by atoms with Crippen LogP contribution in [0.5, 0.6) is 0 Å². The molecule has 61 heavy (non-hydrogen) atoms. The van der Waals surface area contributed by atoms with E-state index in [0.29, 0.717) is 26.2 Å². The molecule has 2 aliphatic rings. The van der Waals surface area contributed by atoms with E-state index >= 15 is 0 Å². The third-order valence-corrected chi connectivity index (χ3v) is 12.3. The molecule has 1 saturated heterocycles. The number of benzene rings is 6. The second-order valence-electron chi connectivity index (χ2n) is 15.6. The average Bonchev–Trinajstić information content (AvgIpc) is 3.67. The van der Waals surface area contributed by atoms with Crippen LogP contribution in [0.2, 0.25) is 0 Å². The van der Waals surface area contributed by atoms with Gasteiger partial charge in [-0.2, -0.15) is 4.91 Å². The summed E-state index contributed by atoms with van der Waals surface area (Å²) in [5, 5.41) is 3.75. The third-order valence-electron chi connectivity index (χ3n) is 11.5. The first-order valence-corrected chi connectivity index (χ1v) is 22.3. The van der Waals surface area contributed by atoms with E-state index in [1.165, 1.54) is 5.56 Å². The van der Waals surface area contributed by atoms with Gasteiger partial charge in [-0.25, -0.2) is 0 Å². The van der Waals surface area contributed by atoms with Gasteiger partial charge in [-0.05, 0) is 69.3 Å². The highest BCUT2D eigenvalue weighted by atomic mass is 32.2. The smallest absolute Gasteiger partial charge is 0.226 e. The lowest BCUT2D eigenvalue weighted by Gasteiger charge is -2.51. The van der Waals surface area contributed by atoms with Crippen molar-refractivity contribution >= 4 is 11.8 Å². The maximum atomic E-state index is 12.9. The van der Waals surface area contributed by atoms with Gasteiger partial charge >= 0.3 is 0 Å². The zero-order valence-corrected chi connectivity index (χ0v) is 35.6. The predicted molar refractivity (Wildman–Crippen MR) is 239 cm³/mol. The quantitative estimate of drug-likeness (QED) is 0.0589. The molecule has 0 amide bonds. The molecule has 314 valence electrons. The summed E-state index contributed by atoms with van der Waals surface area (Å²) in [6.45, 7) is 3.86. The molecule has 2 heterocycles. The van der Waals surface area contributed by atoms with Crippen molar-refractivity contribution in [3.63, 3.8) is 0 Å². The molecule has 0 N–H and O–H groups in total. The summed E-state index contributed by atoms with van der Waals surface area (Å²) in [6, 6.07) is 52.4. The molecular weight excluding hydrogens is 783 g/mol. The first-order chi connectivity index (χ1) is 30.1. The molecule has 0 radical (unpaired) electrons. The van der Waals surface area contributed by atoms with E-state index in [4.69, 9.17) is 28.4 Å². The van der Waals surface area contributed by atoms with Gasteiger partial charge in [0.1, 0.15) is 30.5 Å². The van der Waals surface area contributed by atoms with Crippen LogP contribution in [0.4, 0.5) is 0 Å². The van der Waals surface area contributed by atoms with Gasteiger partial charge < -0.3 is 28.4 Å². The highest BCUT2D eigenvalue weighted by Crippen LogP contribution is 2.51. The van der Waals surface area contributed by atoms with E-state index in [1.807, 2.05) is 115 Å². The van der Waals surface area contributed by atoms with E-state index in [-0.39, 0.29) is 19.8 Å². The molecule has 1 spiro atoms. The fourth-order valence-corrected chi connectivity index (χ4v) is 8.98. The SMILES string of the molecule is CCc1ccc(CC(N=O)c2cc3c(cc2SC)CO[C@]32O[C@H](COCc3ccccc3)[C@@H](OCc3ccccc3)[C@H](OCc3ccccc3)[C@H]2OCc2ccccc2)cc1. The Labute approximate surface area is 363 Å². The van der Waals surface area contributed by atoms with E-state index < -0.39 is 36.2 Å². The lowest BCUT2D eigenvalue weighted by molar-refractivity contribution is -0.387. The lowest BCUT2D eigenvalue weighted by atomic mass is 9.85. The number of hydrogen-bond donors (Lipinski definition) is 0. The number of fused-ring (bicyclic) bond motifs is 2. The number of ether oxygens (including phenoxy) is 6. The second kappa shape index (κ2) is 20.7. The molecule has 2 aliphatic heterocycles. The van der Waals surface area contributed by atoms with Crippen molar-refractivity contribution in [1.82, 2.24) is 0 Å². The van der Waals surface area contributed by atoms with Gasteiger partial charge in [-0.15, -0.1) is 11.8 Å². The van der Waals surface area contributed by atoms with Crippen molar-refractivity contribution in [2.24, 2.45) is 5.18 Å². The molecule has 6 atom stereocenters. The molecule has 6 aromatic carbocycles. The Morgan fingerprint density at radius 3 is 1.72 bits per heavy atom. The number of nitrogens with zero attached hydrogens (tertiary/aromatic N) is 1. The van der Waals surface area contributed by atoms with Gasteiger partial charge in [0.25, 0.3) is 0 Å². The predicted octanol–water partition coefficient (Wildman–Crippen LogP) is 11.1. The third kappa shape index (κ3) is 10.2. The average molecular weight is 836 g/mol. The summed E-state index contributed by atoms with van der Waals surface area (Å²) in [6.07, 6.45) is 0.616. The molecule has 8 rings (SSSR count). The van der Waals surface area contributed by atoms with Crippen LogP contribution in [0.3, 0.4) is 0 Å². The van der Waals surface area contributed by atoms with Crippen LogP contribution in [-0.4, -0.2) is 37.3 Å². The molecule has 8 nitrogen and oxygen atoms in total. The Kier molecular flexibility index (Phi) is 14.5. The van der Waals surface area contributed by atoms with Gasteiger partial charge in [0.2, 0.25) is 5.79 Å². The van der Waals surface area contributed by atoms with Gasteiger partial charge in [0.15, 0.2) is 0 Å². The van der Waals surface area contributed by atoms with Crippen molar-refractivity contribution in [3.05, 3.63) is 213 Å². The minimum atomic E-state index is -1.46. The lowest BCUT2D eigenvalue weighted by Crippen LogP contribution is -2.65. The number of aryl methyl sites for hydroxylation is 1. The molecule has 9 heteroatoms. The largest absolute Gasteiger partial charge is 0.374 e. The first-order valence-electron chi connectivity index (χ1n) is 21.1. The summed E-state index contributed by atoms with van der Waals surface area (Å²) < 4.78 is 41.9. The highest BCUT2D eigenvalue weighted by molar-refractivity contribution is 7.98. The van der Waals surface area contributed by atoms with Gasteiger partial charge in [0, 0.05) is 16.9 Å². The number of rotatable bonds is 19. The fourth-order valence-electron chi connectivity index (χ4n) is 8.29. The Morgan fingerprint density at radius 1 is 0.656 bits per heavy atom. The summed E-state index contributed by atoms with van der Waals surface area (Å²) in [4.78, 5) is 13.9. The van der Waals surface area contributed by atoms with Crippen molar-refractivity contribution in [2.45, 2.75) is 93.9 Å². The Bertz CT molecular complexity index is 2280. The summed E-state index contributed by atoms with van der Waals surface area (Å²) in [5.41, 5.74) is 8.91. The maximum Gasteiger partial charge on any atom is 0.226 e. The van der Waals surface area contributed by atoms with Gasteiger partial charge in [0.05, 0.1) is 39.6 Å². The molecule has 6 aromatic rings. The summed E-state index contributed by atoms with van der Waals surface area (Å²) in [7, 11) is 0. The topological polar surface area (TPSA) is 84.8 Å². The second-order valence-corrected chi connectivity index (χ2v) is 16.4. The van der Waals surface area contributed by atoms with Crippen LogP contribution >= 0.6 is 11.8 Å². The maximum absolute atomic E-state index is 12.9. The van der Waals surface area contributed by atoms with E-state index in [9.17, 15) is 4.91 Å². The van der Waals surface area contributed by atoms with E-state index in [2.05, 4.69) is 60.6 Å². The van der Waals surface area contributed by atoms with Crippen molar-refractivity contribution < 1.29 is 28.4 Å². The van der Waals surface area contributed by atoms with Gasteiger partial charge in [-0.3, -0.25) is 0 Å². The molecule has 0 aliphatic carbocycles. The Morgan fingerprint density at radius 2 is 1.18 bits per heavy atom.